The third-order valence-electron chi connectivity index (χ3n) is 3.43. The van der Waals surface area contributed by atoms with Gasteiger partial charge in [-0.1, -0.05) is 0 Å². The number of rotatable bonds is 13. The van der Waals surface area contributed by atoms with Crippen molar-refractivity contribution >= 4 is 11.8 Å². The molecule has 4 N–H and O–H groups in total. The maximum absolute atomic E-state index is 11.3. The van der Waals surface area contributed by atoms with Crippen molar-refractivity contribution in [1.82, 2.24) is 20.4 Å². The van der Waals surface area contributed by atoms with E-state index in [0.717, 1.165) is 0 Å². The van der Waals surface area contributed by atoms with Crippen LogP contribution in [0.3, 0.4) is 0 Å². The first-order valence-electron chi connectivity index (χ1n) is 7.65. The van der Waals surface area contributed by atoms with E-state index in [2.05, 4.69) is 10.6 Å². The van der Waals surface area contributed by atoms with Gasteiger partial charge in [0.05, 0.1) is 13.2 Å². The lowest BCUT2D eigenvalue weighted by Gasteiger charge is -2.26. The zero-order chi connectivity index (χ0) is 16.8. The molecule has 2 amide bonds. The molecule has 0 aromatic rings. The molecular weight excluding hydrogens is 288 g/mol. The number of hydrogen-bond acceptors (Lipinski definition) is 6. The standard InChI is InChI=1S/C14H30N4O4/c1-15-13(21)3-5-17(9-11-19)7-8-18(10-12-20)6-4-14(22)16-2/h19-20H,3-12H2,1-2H3,(H,15,21)(H,16,22). The van der Waals surface area contributed by atoms with Crippen LogP contribution in [0.5, 0.6) is 0 Å². The first-order chi connectivity index (χ1) is 10.6. The Labute approximate surface area is 132 Å². The van der Waals surface area contributed by atoms with Crippen LogP contribution in [0.15, 0.2) is 0 Å². The molecule has 0 saturated heterocycles. The molecule has 0 aromatic heterocycles. The van der Waals surface area contributed by atoms with E-state index in [1.807, 2.05) is 9.80 Å². The second-order valence-corrected chi connectivity index (χ2v) is 4.98. The molecule has 0 spiro atoms. The summed E-state index contributed by atoms with van der Waals surface area (Å²) in [5.74, 6) is -0.0652. The zero-order valence-electron chi connectivity index (χ0n) is 13.7. The Morgan fingerprint density at radius 2 is 1.09 bits per heavy atom. The summed E-state index contributed by atoms with van der Waals surface area (Å²) in [7, 11) is 3.20. The number of aliphatic hydroxyl groups excluding tert-OH is 2. The molecule has 22 heavy (non-hydrogen) atoms. The van der Waals surface area contributed by atoms with Gasteiger partial charge in [-0.2, -0.15) is 0 Å². The fourth-order valence-corrected chi connectivity index (χ4v) is 2.01. The number of nitrogens with zero attached hydrogens (tertiary/aromatic N) is 2. The Balaban J connectivity index is 4.23. The fraction of sp³-hybridized carbons (Fsp3) is 0.857. The van der Waals surface area contributed by atoms with Gasteiger partial charge < -0.3 is 20.8 Å². The molecule has 0 bridgehead atoms. The van der Waals surface area contributed by atoms with Crippen LogP contribution in [0.2, 0.25) is 0 Å². The van der Waals surface area contributed by atoms with E-state index in [0.29, 0.717) is 52.1 Å². The average molecular weight is 318 g/mol. The molecule has 0 heterocycles. The summed E-state index contributed by atoms with van der Waals surface area (Å²) in [5, 5.41) is 23.3. The van der Waals surface area contributed by atoms with Gasteiger partial charge in [-0.15, -0.1) is 0 Å². The molecule has 0 atom stereocenters. The number of carbonyl (C=O) groups excluding carboxylic acids is 2. The minimum Gasteiger partial charge on any atom is -0.395 e. The number of carbonyl (C=O) groups is 2. The fourth-order valence-electron chi connectivity index (χ4n) is 2.01. The largest absolute Gasteiger partial charge is 0.395 e. The lowest BCUT2D eigenvalue weighted by molar-refractivity contribution is -0.122. The van der Waals surface area contributed by atoms with Gasteiger partial charge >= 0.3 is 0 Å². The van der Waals surface area contributed by atoms with Gasteiger partial charge in [0.25, 0.3) is 0 Å². The Morgan fingerprint density at radius 3 is 1.36 bits per heavy atom. The highest BCUT2D eigenvalue weighted by atomic mass is 16.3. The maximum atomic E-state index is 11.3. The van der Waals surface area contributed by atoms with Crippen LogP contribution in [-0.4, -0.2) is 98.4 Å². The summed E-state index contributed by atoms with van der Waals surface area (Å²) in [5.41, 5.74) is 0. The van der Waals surface area contributed by atoms with E-state index < -0.39 is 0 Å². The van der Waals surface area contributed by atoms with E-state index in [9.17, 15) is 9.59 Å². The summed E-state index contributed by atoms with van der Waals surface area (Å²) in [6, 6.07) is 0. The highest BCUT2D eigenvalue weighted by molar-refractivity contribution is 5.76. The Kier molecular flexibility index (Phi) is 12.7. The van der Waals surface area contributed by atoms with Crippen molar-refractivity contribution in [3.63, 3.8) is 0 Å². The van der Waals surface area contributed by atoms with Gasteiger partial charge in [0, 0.05) is 66.2 Å². The van der Waals surface area contributed by atoms with Gasteiger partial charge in [0.15, 0.2) is 0 Å². The van der Waals surface area contributed by atoms with Crippen molar-refractivity contribution in [2.45, 2.75) is 12.8 Å². The average Bonchev–Trinajstić information content (AvgIpc) is 2.53. The molecule has 0 saturated carbocycles. The predicted octanol–water partition coefficient (Wildman–Crippen LogP) is -2.15. The number of amides is 2. The minimum absolute atomic E-state index is 0.0326. The number of aliphatic hydroxyl groups is 2. The minimum atomic E-state index is -0.0326. The molecule has 0 rings (SSSR count). The van der Waals surface area contributed by atoms with Gasteiger partial charge in [0.1, 0.15) is 0 Å². The van der Waals surface area contributed by atoms with Crippen molar-refractivity contribution in [1.29, 1.82) is 0 Å². The summed E-state index contributed by atoms with van der Waals surface area (Å²) >= 11 is 0. The molecule has 0 unspecified atom stereocenters. The van der Waals surface area contributed by atoms with Crippen molar-refractivity contribution in [3.05, 3.63) is 0 Å². The third kappa shape index (κ3) is 10.5. The normalized spacial score (nSPS) is 11.0. The first kappa shape index (κ1) is 20.8. The molecule has 0 aliphatic carbocycles. The number of hydrogen-bond donors (Lipinski definition) is 4. The van der Waals surface area contributed by atoms with Crippen molar-refractivity contribution in [3.8, 4) is 0 Å². The Hall–Kier alpha value is -1.22. The Morgan fingerprint density at radius 1 is 0.727 bits per heavy atom. The predicted molar refractivity (Wildman–Crippen MR) is 84.4 cm³/mol. The molecule has 0 radical (unpaired) electrons. The van der Waals surface area contributed by atoms with Crippen LogP contribution in [0, 0.1) is 0 Å². The first-order valence-corrected chi connectivity index (χ1v) is 7.65. The van der Waals surface area contributed by atoms with Crippen LogP contribution in [0.4, 0.5) is 0 Å². The van der Waals surface area contributed by atoms with Crippen LogP contribution in [0.25, 0.3) is 0 Å². The van der Waals surface area contributed by atoms with Crippen molar-refractivity contribution < 1.29 is 19.8 Å². The van der Waals surface area contributed by atoms with Crippen molar-refractivity contribution in [2.24, 2.45) is 0 Å². The lowest BCUT2D eigenvalue weighted by atomic mass is 10.3. The van der Waals surface area contributed by atoms with Gasteiger partial charge in [-0.3, -0.25) is 19.4 Å². The molecular formula is C14H30N4O4. The highest BCUT2D eigenvalue weighted by Crippen LogP contribution is 1.97. The molecule has 130 valence electrons. The van der Waals surface area contributed by atoms with Gasteiger partial charge in [-0.25, -0.2) is 0 Å². The summed E-state index contributed by atoms with van der Waals surface area (Å²) < 4.78 is 0. The second kappa shape index (κ2) is 13.4. The van der Waals surface area contributed by atoms with E-state index in [1.54, 1.807) is 14.1 Å². The van der Waals surface area contributed by atoms with E-state index in [-0.39, 0.29) is 25.0 Å². The topological polar surface area (TPSA) is 105 Å². The van der Waals surface area contributed by atoms with Crippen LogP contribution >= 0.6 is 0 Å². The van der Waals surface area contributed by atoms with E-state index in [1.165, 1.54) is 0 Å². The van der Waals surface area contributed by atoms with E-state index in [4.69, 9.17) is 10.2 Å². The molecule has 0 aliphatic rings. The third-order valence-corrected chi connectivity index (χ3v) is 3.43. The smallest absolute Gasteiger partial charge is 0.221 e. The van der Waals surface area contributed by atoms with Crippen LogP contribution < -0.4 is 10.6 Å². The monoisotopic (exact) mass is 318 g/mol. The molecule has 0 aliphatic heterocycles. The molecule has 0 fully saturated rings. The second-order valence-electron chi connectivity index (χ2n) is 4.98. The molecule has 8 heteroatoms. The number of nitrogens with one attached hydrogen (secondary N) is 2. The molecule has 8 nitrogen and oxygen atoms in total. The summed E-state index contributed by atoms with van der Waals surface area (Å²) in [6.07, 6.45) is 0.767. The summed E-state index contributed by atoms with van der Waals surface area (Å²) in [4.78, 5) is 26.6. The summed E-state index contributed by atoms with van der Waals surface area (Å²) in [6.45, 7) is 3.55. The van der Waals surface area contributed by atoms with Crippen molar-refractivity contribution in [2.75, 3.05) is 66.6 Å². The van der Waals surface area contributed by atoms with Gasteiger partial charge in [-0.05, 0) is 0 Å². The SMILES string of the molecule is CNC(=O)CCN(CCO)CCN(CCO)CCC(=O)NC. The quantitative estimate of drug-likeness (QED) is 0.309. The molecule has 0 aromatic carbocycles. The van der Waals surface area contributed by atoms with Crippen LogP contribution in [-0.2, 0) is 9.59 Å². The zero-order valence-corrected chi connectivity index (χ0v) is 13.7. The van der Waals surface area contributed by atoms with E-state index >= 15 is 0 Å². The Bertz CT molecular complexity index is 285. The highest BCUT2D eigenvalue weighted by Gasteiger charge is 2.11. The van der Waals surface area contributed by atoms with Crippen LogP contribution in [0.1, 0.15) is 12.8 Å². The van der Waals surface area contributed by atoms with Gasteiger partial charge in [0.2, 0.25) is 11.8 Å². The lowest BCUT2D eigenvalue weighted by Crippen LogP contribution is -2.40. The maximum Gasteiger partial charge on any atom is 0.221 e.